The SMILES string of the molecule is C[C@H]1Cn2ncc(S(=O)(=O)C3CCOC3)c2CN1C(=O)Nc1cc(F)c(F)c(F)c1. The van der Waals surface area contributed by atoms with Gasteiger partial charge in [0.15, 0.2) is 27.3 Å². The van der Waals surface area contributed by atoms with Crippen LogP contribution in [0.5, 0.6) is 0 Å². The Morgan fingerprint density at radius 2 is 1.97 bits per heavy atom. The number of rotatable bonds is 3. The molecule has 0 spiro atoms. The van der Waals surface area contributed by atoms with Crippen LogP contribution in [0.1, 0.15) is 19.0 Å². The highest BCUT2D eigenvalue weighted by Crippen LogP contribution is 2.29. The molecule has 2 amide bonds. The van der Waals surface area contributed by atoms with Crippen LogP contribution in [-0.2, 0) is 27.7 Å². The predicted molar refractivity (Wildman–Crippen MR) is 99.0 cm³/mol. The lowest BCUT2D eigenvalue weighted by Crippen LogP contribution is -2.47. The Morgan fingerprint density at radius 1 is 1.27 bits per heavy atom. The van der Waals surface area contributed by atoms with Gasteiger partial charge in [-0.2, -0.15) is 5.10 Å². The second-order valence-corrected chi connectivity index (χ2v) is 9.53. The summed E-state index contributed by atoms with van der Waals surface area (Å²) in [5.41, 5.74) is 0.102. The van der Waals surface area contributed by atoms with Gasteiger partial charge >= 0.3 is 6.03 Å². The number of sulfone groups is 1. The summed E-state index contributed by atoms with van der Waals surface area (Å²) in [4.78, 5) is 14.1. The average Bonchev–Trinajstić information content (AvgIpc) is 3.35. The molecular weight excluding hydrogens is 425 g/mol. The zero-order valence-corrected chi connectivity index (χ0v) is 16.8. The van der Waals surface area contributed by atoms with E-state index in [0.717, 1.165) is 0 Å². The Hall–Kier alpha value is -2.60. The number of hydrogen-bond donors (Lipinski definition) is 1. The smallest absolute Gasteiger partial charge is 0.322 e. The van der Waals surface area contributed by atoms with Gasteiger partial charge < -0.3 is 15.0 Å². The molecule has 1 fully saturated rings. The number of ether oxygens (including phenoxy) is 1. The van der Waals surface area contributed by atoms with Crippen LogP contribution in [0.4, 0.5) is 23.7 Å². The van der Waals surface area contributed by atoms with Gasteiger partial charge in [-0.05, 0) is 13.3 Å². The molecular formula is C18H19F3N4O4S. The highest BCUT2D eigenvalue weighted by atomic mass is 32.2. The van der Waals surface area contributed by atoms with Gasteiger partial charge in [0.1, 0.15) is 4.90 Å². The average molecular weight is 444 g/mol. The normalized spacial score (nSPS) is 21.5. The number of hydrogen-bond acceptors (Lipinski definition) is 5. The molecule has 1 unspecified atom stereocenters. The number of urea groups is 1. The molecule has 1 aromatic carbocycles. The number of carbonyl (C=O) groups is 1. The predicted octanol–water partition coefficient (Wildman–Crippen LogP) is 2.30. The first-order valence-corrected chi connectivity index (χ1v) is 10.8. The molecule has 0 saturated carbocycles. The minimum absolute atomic E-state index is 0.0431. The maximum absolute atomic E-state index is 13.4. The van der Waals surface area contributed by atoms with Crippen molar-refractivity contribution in [1.29, 1.82) is 0 Å². The molecule has 2 aliphatic rings. The third kappa shape index (κ3) is 3.54. The molecule has 162 valence electrons. The summed E-state index contributed by atoms with van der Waals surface area (Å²) >= 11 is 0. The van der Waals surface area contributed by atoms with Gasteiger partial charge in [0.25, 0.3) is 0 Å². The molecule has 12 heteroatoms. The number of anilines is 1. The highest BCUT2D eigenvalue weighted by Gasteiger charge is 2.38. The van der Waals surface area contributed by atoms with Crippen molar-refractivity contribution in [3.63, 3.8) is 0 Å². The number of fused-ring (bicyclic) bond motifs is 1. The van der Waals surface area contributed by atoms with Crippen molar-refractivity contribution < 1.29 is 31.1 Å². The van der Waals surface area contributed by atoms with Crippen molar-refractivity contribution in [1.82, 2.24) is 14.7 Å². The van der Waals surface area contributed by atoms with Crippen LogP contribution in [0.15, 0.2) is 23.2 Å². The number of aromatic nitrogens is 2. The van der Waals surface area contributed by atoms with E-state index in [2.05, 4.69) is 10.4 Å². The highest BCUT2D eigenvalue weighted by molar-refractivity contribution is 7.92. The molecule has 2 aromatic rings. The number of nitrogens with zero attached hydrogens (tertiary/aromatic N) is 3. The standard InChI is InChI=1S/C18H19F3N4O4S/c1-10-7-25-15(16(6-22-25)30(27,28)12-2-3-29-9-12)8-24(10)18(26)23-11-4-13(19)17(21)14(20)5-11/h4-6,10,12H,2-3,7-9H2,1H3,(H,23,26)/t10-,12?/m0/s1. The summed E-state index contributed by atoms with van der Waals surface area (Å²) in [7, 11) is -3.69. The molecule has 4 rings (SSSR count). The van der Waals surface area contributed by atoms with Crippen LogP contribution >= 0.6 is 0 Å². The number of benzene rings is 1. The van der Waals surface area contributed by atoms with E-state index in [0.29, 0.717) is 30.9 Å². The molecule has 0 aliphatic carbocycles. The molecule has 1 N–H and O–H groups in total. The molecule has 2 aliphatic heterocycles. The molecule has 1 saturated heterocycles. The zero-order chi connectivity index (χ0) is 21.6. The fourth-order valence-corrected chi connectivity index (χ4v) is 5.38. The Balaban J connectivity index is 1.58. The Bertz CT molecular complexity index is 1080. The lowest BCUT2D eigenvalue weighted by Gasteiger charge is -2.34. The maximum atomic E-state index is 13.4. The lowest BCUT2D eigenvalue weighted by atomic mass is 10.2. The van der Waals surface area contributed by atoms with Crippen LogP contribution in [-0.4, -0.2) is 53.6 Å². The van der Waals surface area contributed by atoms with E-state index in [1.807, 2.05) is 0 Å². The molecule has 0 radical (unpaired) electrons. The number of halogens is 3. The Labute approximate surface area is 170 Å². The van der Waals surface area contributed by atoms with Gasteiger partial charge in [-0.1, -0.05) is 0 Å². The molecule has 8 nitrogen and oxygen atoms in total. The quantitative estimate of drug-likeness (QED) is 0.734. The topological polar surface area (TPSA) is 93.5 Å². The van der Waals surface area contributed by atoms with Crippen molar-refractivity contribution in [2.45, 2.75) is 42.6 Å². The third-order valence-electron chi connectivity index (χ3n) is 5.33. The largest absolute Gasteiger partial charge is 0.380 e. The van der Waals surface area contributed by atoms with Crippen LogP contribution < -0.4 is 5.32 Å². The van der Waals surface area contributed by atoms with Crippen molar-refractivity contribution >= 4 is 21.6 Å². The van der Waals surface area contributed by atoms with Crippen LogP contribution in [0.25, 0.3) is 0 Å². The summed E-state index contributed by atoms with van der Waals surface area (Å²) in [5.74, 6) is -4.49. The summed E-state index contributed by atoms with van der Waals surface area (Å²) in [5, 5.41) is 5.81. The van der Waals surface area contributed by atoms with Gasteiger partial charge in [-0.15, -0.1) is 0 Å². The van der Waals surface area contributed by atoms with E-state index in [4.69, 9.17) is 4.74 Å². The number of nitrogens with one attached hydrogen (secondary N) is 1. The minimum Gasteiger partial charge on any atom is -0.380 e. The minimum atomic E-state index is -3.69. The second-order valence-electron chi connectivity index (χ2n) is 7.33. The maximum Gasteiger partial charge on any atom is 0.322 e. The summed E-state index contributed by atoms with van der Waals surface area (Å²) < 4.78 is 72.6. The van der Waals surface area contributed by atoms with E-state index < -0.39 is 38.6 Å². The van der Waals surface area contributed by atoms with Crippen LogP contribution in [0.3, 0.4) is 0 Å². The first-order valence-electron chi connectivity index (χ1n) is 9.27. The number of amides is 2. The Morgan fingerprint density at radius 3 is 2.60 bits per heavy atom. The lowest BCUT2D eigenvalue weighted by molar-refractivity contribution is 0.160. The fourth-order valence-electron chi connectivity index (χ4n) is 3.65. The van der Waals surface area contributed by atoms with Crippen molar-refractivity contribution in [3.05, 3.63) is 41.5 Å². The summed E-state index contributed by atoms with van der Waals surface area (Å²) in [6, 6.07) is 0.266. The number of carbonyl (C=O) groups excluding carboxylic acids is 1. The molecule has 1 aromatic heterocycles. The molecule has 30 heavy (non-hydrogen) atoms. The van der Waals surface area contributed by atoms with Crippen LogP contribution in [0, 0.1) is 17.5 Å². The van der Waals surface area contributed by atoms with Crippen molar-refractivity contribution in [2.75, 3.05) is 18.5 Å². The van der Waals surface area contributed by atoms with Gasteiger partial charge in [0, 0.05) is 24.4 Å². The monoisotopic (exact) mass is 444 g/mol. The van der Waals surface area contributed by atoms with E-state index >= 15 is 0 Å². The van der Waals surface area contributed by atoms with Gasteiger partial charge in [-0.25, -0.2) is 26.4 Å². The zero-order valence-electron chi connectivity index (χ0n) is 15.9. The van der Waals surface area contributed by atoms with Gasteiger partial charge in [0.2, 0.25) is 0 Å². The first kappa shape index (κ1) is 20.7. The molecule has 2 atom stereocenters. The first-order chi connectivity index (χ1) is 14.2. The summed E-state index contributed by atoms with van der Waals surface area (Å²) in [6.45, 7) is 2.38. The molecule has 0 bridgehead atoms. The van der Waals surface area contributed by atoms with E-state index in [9.17, 15) is 26.4 Å². The third-order valence-corrected chi connectivity index (χ3v) is 7.53. The fraction of sp³-hybridized carbons (Fsp3) is 0.444. The van der Waals surface area contributed by atoms with E-state index in [-0.39, 0.29) is 36.3 Å². The summed E-state index contributed by atoms with van der Waals surface area (Å²) in [6.07, 6.45) is 1.66. The Kier molecular flexibility index (Phi) is 5.22. The van der Waals surface area contributed by atoms with Gasteiger partial charge in [-0.3, -0.25) is 4.68 Å². The van der Waals surface area contributed by atoms with Gasteiger partial charge in [0.05, 0.1) is 42.9 Å². The van der Waals surface area contributed by atoms with E-state index in [1.54, 1.807) is 6.92 Å². The van der Waals surface area contributed by atoms with E-state index in [1.165, 1.54) is 15.8 Å². The molecule has 3 heterocycles. The second kappa shape index (κ2) is 7.58. The van der Waals surface area contributed by atoms with Crippen LogP contribution in [0.2, 0.25) is 0 Å². The van der Waals surface area contributed by atoms with Crippen molar-refractivity contribution in [2.24, 2.45) is 0 Å². The van der Waals surface area contributed by atoms with Crippen molar-refractivity contribution in [3.8, 4) is 0 Å².